The third kappa shape index (κ3) is 2.23. The normalized spacial score (nSPS) is 9.71. The Hall–Kier alpha value is -1.55. The molecule has 0 radical (unpaired) electrons. The maximum absolute atomic E-state index is 11.1. The molecular formula is C10H14N2O2. The first-order valence-corrected chi connectivity index (χ1v) is 4.25. The summed E-state index contributed by atoms with van der Waals surface area (Å²) in [6, 6.07) is 5.66. The number of carbonyl (C=O) groups excluding carboxylic acids is 1. The zero-order chi connectivity index (χ0) is 10.7. The number of aryl methyl sites for hydroxylation is 2. The molecule has 1 aromatic carbocycles. The molecule has 0 aromatic heterocycles. The zero-order valence-corrected chi connectivity index (χ0v) is 8.57. The van der Waals surface area contributed by atoms with Gasteiger partial charge in [-0.25, -0.2) is 15.6 Å². The van der Waals surface area contributed by atoms with Gasteiger partial charge in [-0.15, -0.1) is 0 Å². The van der Waals surface area contributed by atoms with Crippen molar-refractivity contribution in [3.05, 3.63) is 29.3 Å². The molecule has 14 heavy (non-hydrogen) atoms. The summed E-state index contributed by atoms with van der Waals surface area (Å²) in [5, 5.41) is 0.986. The first-order chi connectivity index (χ1) is 6.54. The van der Waals surface area contributed by atoms with E-state index in [1.807, 2.05) is 32.0 Å². The Bertz CT molecular complexity index is 330. The average molecular weight is 194 g/mol. The van der Waals surface area contributed by atoms with Gasteiger partial charge in [0.2, 0.25) is 0 Å². The third-order valence-corrected chi connectivity index (χ3v) is 1.86. The smallest absolute Gasteiger partial charge is 0.428 e. The highest BCUT2D eigenvalue weighted by molar-refractivity contribution is 5.86. The van der Waals surface area contributed by atoms with Crippen molar-refractivity contribution >= 4 is 11.8 Å². The molecule has 0 aliphatic carbocycles. The number of ether oxygens (including phenoxy) is 1. The Morgan fingerprint density at radius 1 is 1.29 bits per heavy atom. The van der Waals surface area contributed by atoms with E-state index in [-0.39, 0.29) is 0 Å². The van der Waals surface area contributed by atoms with E-state index >= 15 is 0 Å². The summed E-state index contributed by atoms with van der Waals surface area (Å²) >= 11 is 0. The number of hydrogen-bond acceptors (Lipinski definition) is 3. The summed E-state index contributed by atoms with van der Waals surface area (Å²) in [6.45, 7) is 3.89. The van der Waals surface area contributed by atoms with Gasteiger partial charge in [0, 0.05) is 0 Å². The minimum Gasteiger partial charge on any atom is -0.452 e. The van der Waals surface area contributed by atoms with Gasteiger partial charge in [0.1, 0.15) is 0 Å². The van der Waals surface area contributed by atoms with E-state index < -0.39 is 6.09 Å². The first-order valence-electron chi connectivity index (χ1n) is 4.25. The number of rotatable bonds is 1. The van der Waals surface area contributed by atoms with E-state index in [2.05, 4.69) is 4.74 Å². The predicted octanol–water partition coefficient (Wildman–Crippen LogP) is 1.75. The lowest BCUT2D eigenvalue weighted by Gasteiger charge is -2.15. The van der Waals surface area contributed by atoms with Gasteiger partial charge in [-0.05, 0) is 37.1 Å². The maximum atomic E-state index is 11.1. The van der Waals surface area contributed by atoms with Crippen molar-refractivity contribution in [3.63, 3.8) is 0 Å². The number of anilines is 1. The first kappa shape index (κ1) is 10.5. The summed E-state index contributed by atoms with van der Waals surface area (Å²) < 4.78 is 4.51. The van der Waals surface area contributed by atoms with Crippen LogP contribution in [-0.4, -0.2) is 13.2 Å². The lowest BCUT2D eigenvalue weighted by atomic mass is 10.1. The zero-order valence-electron chi connectivity index (χ0n) is 8.57. The van der Waals surface area contributed by atoms with Crippen LogP contribution < -0.4 is 10.9 Å². The van der Waals surface area contributed by atoms with Crippen molar-refractivity contribution in [2.75, 3.05) is 12.1 Å². The van der Waals surface area contributed by atoms with E-state index in [1.54, 1.807) is 0 Å². The molecule has 0 spiro atoms. The highest BCUT2D eigenvalue weighted by Gasteiger charge is 2.11. The Morgan fingerprint density at radius 3 is 2.21 bits per heavy atom. The second-order valence-electron chi connectivity index (χ2n) is 3.19. The Labute approximate surface area is 83.2 Å². The Kier molecular flexibility index (Phi) is 3.09. The standard InChI is InChI=1S/C10H14N2O2/c1-7-4-8(2)6-9(5-7)12(11)10(13)14-3/h4-6H,11H2,1-3H3. The van der Waals surface area contributed by atoms with Crippen LogP contribution in [0.15, 0.2) is 18.2 Å². The van der Waals surface area contributed by atoms with Crippen LogP contribution in [-0.2, 0) is 4.74 Å². The van der Waals surface area contributed by atoms with Crippen molar-refractivity contribution < 1.29 is 9.53 Å². The van der Waals surface area contributed by atoms with E-state index in [0.717, 1.165) is 16.1 Å². The number of nitrogens with zero attached hydrogens (tertiary/aromatic N) is 1. The molecule has 0 saturated heterocycles. The van der Waals surface area contributed by atoms with Gasteiger partial charge >= 0.3 is 6.09 Å². The van der Waals surface area contributed by atoms with E-state index in [4.69, 9.17) is 5.84 Å². The monoisotopic (exact) mass is 194 g/mol. The largest absolute Gasteiger partial charge is 0.452 e. The molecule has 0 heterocycles. The Balaban J connectivity index is 3.00. The summed E-state index contributed by atoms with van der Waals surface area (Å²) in [6.07, 6.45) is -0.574. The molecule has 4 nitrogen and oxygen atoms in total. The van der Waals surface area contributed by atoms with Crippen LogP contribution in [0.2, 0.25) is 0 Å². The van der Waals surface area contributed by atoms with Crippen molar-refractivity contribution in [3.8, 4) is 0 Å². The van der Waals surface area contributed by atoms with Crippen molar-refractivity contribution in [2.45, 2.75) is 13.8 Å². The average Bonchev–Trinajstić information content (AvgIpc) is 2.14. The van der Waals surface area contributed by atoms with E-state index in [1.165, 1.54) is 7.11 Å². The molecule has 0 unspecified atom stereocenters. The van der Waals surface area contributed by atoms with Gasteiger partial charge in [0.05, 0.1) is 12.8 Å². The molecule has 1 aromatic rings. The minimum atomic E-state index is -0.574. The fourth-order valence-corrected chi connectivity index (χ4v) is 1.29. The quantitative estimate of drug-likeness (QED) is 0.421. The highest BCUT2D eigenvalue weighted by atomic mass is 16.5. The molecule has 2 N–H and O–H groups in total. The highest BCUT2D eigenvalue weighted by Crippen LogP contribution is 2.16. The molecule has 76 valence electrons. The van der Waals surface area contributed by atoms with Gasteiger partial charge in [0.15, 0.2) is 0 Å². The fourth-order valence-electron chi connectivity index (χ4n) is 1.29. The number of hydrogen-bond donors (Lipinski definition) is 1. The lowest BCUT2D eigenvalue weighted by molar-refractivity contribution is 0.178. The van der Waals surface area contributed by atoms with Gasteiger partial charge in [-0.1, -0.05) is 6.07 Å². The number of carbonyl (C=O) groups is 1. The number of hydrazine groups is 1. The van der Waals surface area contributed by atoms with Crippen LogP contribution in [0.1, 0.15) is 11.1 Å². The van der Waals surface area contributed by atoms with Crippen LogP contribution in [0.3, 0.4) is 0 Å². The predicted molar refractivity (Wildman–Crippen MR) is 55.0 cm³/mol. The Morgan fingerprint density at radius 2 is 1.79 bits per heavy atom. The fraction of sp³-hybridized carbons (Fsp3) is 0.300. The van der Waals surface area contributed by atoms with Crippen LogP contribution >= 0.6 is 0 Å². The maximum Gasteiger partial charge on any atom is 0.428 e. The summed E-state index contributed by atoms with van der Waals surface area (Å²) in [5.74, 6) is 5.55. The second kappa shape index (κ2) is 4.11. The van der Waals surface area contributed by atoms with Gasteiger partial charge in [-0.2, -0.15) is 0 Å². The van der Waals surface area contributed by atoms with Crippen LogP contribution in [0, 0.1) is 13.8 Å². The van der Waals surface area contributed by atoms with Crippen molar-refractivity contribution in [1.82, 2.24) is 0 Å². The topological polar surface area (TPSA) is 55.6 Å². The number of methoxy groups -OCH3 is 1. The van der Waals surface area contributed by atoms with Crippen molar-refractivity contribution in [2.24, 2.45) is 5.84 Å². The lowest BCUT2D eigenvalue weighted by Crippen LogP contribution is -2.37. The third-order valence-electron chi connectivity index (χ3n) is 1.86. The summed E-state index contributed by atoms with van der Waals surface area (Å²) in [7, 11) is 1.30. The number of benzene rings is 1. The SMILES string of the molecule is COC(=O)N(N)c1cc(C)cc(C)c1. The van der Waals surface area contributed by atoms with Crippen molar-refractivity contribution in [1.29, 1.82) is 0 Å². The van der Waals surface area contributed by atoms with Crippen LogP contribution in [0.25, 0.3) is 0 Å². The molecule has 0 aliphatic heterocycles. The van der Waals surface area contributed by atoms with Crippen LogP contribution in [0.4, 0.5) is 10.5 Å². The second-order valence-corrected chi connectivity index (χ2v) is 3.19. The molecular weight excluding hydrogens is 180 g/mol. The summed E-state index contributed by atoms with van der Waals surface area (Å²) in [5.41, 5.74) is 2.74. The molecule has 4 heteroatoms. The van der Waals surface area contributed by atoms with Gasteiger partial charge < -0.3 is 4.74 Å². The minimum absolute atomic E-state index is 0.574. The van der Waals surface area contributed by atoms with Gasteiger partial charge in [0.25, 0.3) is 0 Å². The molecule has 1 rings (SSSR count). The van der Waals surface area contributed by atoms with Crippen LogP contribution in [0.5, 0.6) is 0 Å². The molecule has 0 fully saturated rings. The molecule has 1 amide bonds. The summed E-state index contributed by atoms with van der Waals surface area (Å²) in [4.78, 5) is 11.1. The molecule has 0 saturated carbocycles. The van der Waals surface area contributed by atoms with Gasteiger partial charge in [-0.3, -0.25) is 0 Å². The molecule has 0 aliphatic rings. The molecule has 0 atom stereocenters. The number of amides is 1. The van der Waals surface area contributed by atoms with E-state index in [0.29, 0.717) is 5.69 Å². The molecule has 0 bridgehead atoms. The number of nitrogens with two attached hydrogens (primary N) is 1. The van der Waals surface area contributed by atoms with E-state index in [9.17, 15) is 4.79 Å².